The van der Waals surface area contributed by atoms with Gasteiger partial charge in [0.25, 0.3) is 0 Å². The van der Waals surface area contributed by atoms with E-state index in [0.29, 0.717) is 24.7 Å². The molecule has 0 amide bonds. The first-order valence-electron chi connectivity index (χ1n) is 6.31. The fraction of sp³-hybridized carbons (Fsp3) is 0.429. The van der Waals surface area contributed by atoms with Crippen LogP contribution in [0.15, 0.2) is 18.2 Å². The maximum Gasteiger partial charge on any atom is 0.337 e. The summed E-state index contributed by atoms with van der Waals surface area (Å²) in [7, 11) is 0. The molecule has 0 fully saturated rings. The number of aliphatic carboxylic acids is 1. The second-order valence-corrected chi connectivity index (χ2v) is 5.36. The Morgan fingerprint density at radius 1 is 1.30 bits per heavy atom. The number of carbonyl (C=O) groups is 2. The molecule has 1 aromatic rings. The highest BCUT2D eigenvalue weighted by atomic mass is 35.5. The molecule has 0 aliphatic rings. The first kappa shape index (κ1) is 16.3. The Morgan fingerprint density at radius 3 is 2.45 bits per heavy atom. The quantitative estimate of drug-likeness (QED) is 0.809. The number of benzene rings is 1. The SMILES string of the molecule is CC(C)CN(CCC(=O)O)c1ccc(Cl)c(C(=O)O)c1. The number of rotatable bonds is 7. The molecular formula is C14H18ClNO4. The predicted octanol–water partition coefficient (Wildman–Crippen LogP) is 2.98. The zero-order valence-electron chi connectivity index (χ0n) is 11.5. The van der Waals surface area contributed by atoms with Crippen molar-refractivity contribution in [1.82, 2.24) is 0 Å². The lowest BCUT2D eigenvalue weighted by molar-refractivity contribution is -0.136. The van der Waals surface area contributed by atoms with Crippen LogP contribution in [-0.4, -0.2) is 35.2 Å². The monoisotopic (exact) mass is 299 g/mol. The van der Waals surface area contributed by atoms with E-state index in [1.54, 1.807) is 6.07 Å². The number of hydrogen-bond donors (Lipinski definition) is 2. The van der Waals surface area contributed by atoms with Gasteiger partial charge in [-0.3, -0.25) is 4.79 Å². The second-order valence-electron chi connectivity index (χ2n) is 4.95. The highest BCUT2D eigenvalue weighted by Gasteiger charge is 2.15. The van der Waals surface area contributed by atoms with E-state index in [-0.39, 0.29) is 17.0 Å². The molecule has 0 spiro atoms. The molecule has 2 N–H and O–H groups in total. The van der Waals surface area contributed by atoms with E-state index in [0.717, 1.165) is 0 Å². The minimum atomic E-state index is -1.10. The van der Waals surface area contributed by atoms with Gasteiger partial charge in [-0.1, -0.05) is 25.4 Å². The highest BCUT2D eigenvalue weighted by molar-refractivity contribution is 6.33. The van der Waals surface area contributed by atoms with Gasteiger partial charge in [0, 0.05) is 18.8 Å². The number of nitrogens with zero attached hydrogens (tertiary/aromatic N) is 1. The van der Waals surface area contributed by atoms with E-state index < -0.39 is 11.9 Å². The van der Waals surface area contributed by atoms with Crippen LogP contribution in [-0.2, 0) is 4.79 Å². The molecule has 0 saturated heterocycles. The van der Waals surface area contributed by atoms with Crippen LogP contribution < -0.4 is 4.90 Å². The number of anilines is 1. The summed E-state index contributed by atoms with van der Waals surface area (Å²) in [4.78, 5) is 23.7. The summed E-state index contributed by atoms with van der Waals surface area (Å²) in [6, 6.07) is 4.71. The molecule has 0 aliphatic heterocycles. The minimum absolute atomic E-state index is 0.00223. The average molecular weight is 300 g/mol. The smallest absolute Gasteiger partial charge is 0.337 e. The summed E-state index contributed by atoms with van der Waals surface area (Å²) in [5, 5.41) is 18.0. The molecule has 0 radical (unpaired) electrons. The fourth-order valence-electron chi connectivity index (χ4n) is 1.87. The molecule has 1 aromatic carbocycles. The Balaban J connectivity index is 3.03. The topological polar surface area (TPSA) is 77.8 Å². The maximum atomic E-state index is 11.1. The summed E-state index contributed by atoms with van der Waals surface area (Å²) in [5.74, 6) is -1.65. The first-order valence-corrected chi connectivity index (χ1v) is 6.68. The van der Waals surface area contributed by atoms with Gasteiger partial charge in [-0.25, -0.2) is 4.79 Å². The van der Waals surface area contributed by atoms with Crippen molar-refractivity contribution in [1.29, 1.82) is 0 Å². The van der Waals surface area contributed by atoms with Gasteiger partial charge in [-0.15, -0.1) is 0 Å². The van der Waals surface area contributed by atoms with Crippen LogP contribution in [0.5, 0.6) is 0 Å². The van der Waals surface area contributed by atoms with E-state index in [9.17, 15) is 9.59 Å². The van der Waals surface area contributed by atoms with Crippen LogP contribution in [0.4, 0.5) is 5.69 Å². The first-order chi connectivity index (χ1) is 9.31. The molecule has 0 aromatic heterocycles. The second kappa shape index (κ2) is 7.14. The van der Waals surface area contributed by atoms with Crippen molar-refractivity contribution in [2.75, 3.05) is 18.0 Å². The van der Waals surface area contributed by atoms with Gasteiger partial charge in [-0.05, 0) is 24.1 Å². The summed E-state index contributed by atoms with van der Waals surface area (Å²) < 4.78 is 0. The number of aromatic carboxylic acids is 1. The standard InChI is InChI=1S/C14H18ClNO4/c1-9(2)8-16(6-5-13(17)18)10-3-4-12(15)11(7-10)14(19)20/h3-4,7,9H,5-6,8H2,1-2H3,(H,17,18)(H,19,20). The van der Waals surface area contributed by atoms with Gasteiger partial charge in [0.05, 0.1) is 17.0 Å². The normalized spacial score (nSPS) is 10.6. The molecule has 5 nitrogen and oxygen atoms in total. The number of hydrogen-bond acceptors (Lipinski definition) is 3. The molecule has 0 aliphatic carbocycles. The van der Waals surface area contributed by atoms with Gasteiger partial charge >= 0.3 is 11.9 Å². The zero-order chi connectivity index (χ0) is 15.3. The zero-order valence-corrected chi connectivity index (χ0v) is 12.2. The van der Waals surface area contributed by atoms with E-state index in [1.807, 2.05) is 18.7 Å². The molecule has 0 bridgehead atoms. The lowest BCUT2D eigenvalue weighted by Gasteiger charge is -2.26. The average Bonchev–Trinajstić information content (AvgIpc) is 2.34. The lowest BCUT2D eigenvalue weighted by atomic mass is 10.1. The van der Waals surface area contributed by atoms with E-state index in [4.69, 9.17) is 21.8 Å². The van der Waals surface area contributed by atoms with Crippen molar-refractivity contribution >= 4 is 29.2 Å². The van der Waals surface area contributed by atoms with Crippen LogP contribution in [0.2, 0.25) is 5.02 Å². The lowest BCUT2D eigenvalue weighted by Crippen LogP contribution is -2.30. The molecule has 0 heterocycles. The van der Waals surface area contributed by atoms with Crippen molar-refractivity contribution in [2.24, 2.45) is 5.92 Å². The van der Waals surface area contributed by atoms with E-state index in [2.05, 4.69) is 0 Å². The van der Waals surface area contributed by atoms with Gasteiger partial charge in [0.1, 0.15) is 0 Å². The van der Waals surface area contributed by atoms with Gasteiger partial charge < -0.3 is 15.1 Å². The Morgan fingerprint density at radius 2 is 1.95 bits per heavy atom. The molecule has 6 heteroatoms. The Labute approximate surface area is 122 Å². The third-order valence-electron chi connectivity index (χ3n) is 2.73. The molecule has 20 heavy (non-hydrogen) atoms. The summed E-state index contributed by atoms with van der Waals surface area (Å²) in [6.45, 7) is 5.01. The van der Waals surface area contributed by atoms with Gasteiger partial charge in [-0.2, -0.15) is 0 Å². The van der Waals surface area contributed by atoms with Crippen LogP contribution in [0, 0.1) is 5.92 Å². The molecule has 0 unspecified atom stereocenters. The highest BCUT2D eigenvalue weighted by Crippen LogP contribution is 2.24. The van der Waals surface area contributed by atoms with Gasteiger partial charge in [0.2, 0.25) is 0 Å². The van der Waals surface area contributed by atoms with Crippen molar-refractivity contribution in [3.63, 3.8) is 0 Å². The van der Waals surface area contributed by atoms with Crippen molar-refractivity contribution in [3.05, 3.63) is 28.8 Å². The summed E-state index contributed by atoms with van der Waals surface area (Å²) >= 11 is 5.84. The molecular weight excluding hydrogens is 282 g/mol. The molecule has 1 rings (SSSR count). The Bertz CT molecular complexity index is 502. The van der Waals surface area contributed by atoms with E-state index >= 15 is 0 Å². The van der Waals surface area contributed by atoms with Crippen molar-refractivity contribution < 1.29 is 19.8 Å². The third-order valence-corrected chi connectivity index (χ3v) is 3.06. The maximum absolute atomic E-state index is 11.1. The van der Waals surface area contributed by atoms with Crippen molar-refractivity contribution in [3.8, 4) is 0 Å². The van der Waals surface area contributed by atoms with Crippen LogP contribution in [0.3, 0.4) is 0 Å². The molecule has 0 atom stereocenters. The van der Waals surface area contributed by atoms with Crippen LogP contribution >= 0.6 is 11.6 Å². The Hall–Kier alpha value is -1.75. The molecule has 110 valence electrons. The minimum Gasteiger partial charge on any atom is -0.481 e. The van der Waals surface area contributed by atoms with Crippen LogP contribution in [0.25, 0.3) is 0 Å². The fourth-order valence-corrected chi connectivity index (χ4v) is 2.07. The van der Waals surface area contributed by atoms with Crippen molar-refractivity contribution in [2.45, 2.75) is 20.3 Å². The summed E-state index contributed by atoms with van der Waals surface area (Å²) in [6.07, 6.45) is -0.00223. The number of halogens is 1. The summed E-state index contributed by atoms with van der Waals surface area (Å²) in [5.41, 5.74) is 0.690. The van der Waals surface area contributed by atoms with Gasteiger partial charge in [0.15, 0.2) is 0 Å². The Kier molecular flexibility index (Phi) is 5.82. The number of carboxylic acids is 2. The predicted molar refractivity (Wildman–Crippen MR) is 77.7 cm³/mol. The molecule has 0 saturated carbocycles. The van der Waals surface area contributed by atoms with E-state index in [1.165, 1.54) is 12.1 Å². The third kappa shape index (κ3) is 4.74. The number of carboxylic acid groups (broad SMARTS) is 2. The largest absolute Gasteiger partial charge is 0.481 e. The van der Waals surface area contributed by atoms with Crippen LogP contribution in [0.1, 0.15) is 30.6 Å².